The van der Waals surface area contributed by atoms with Crippen LogP contribution in [0, 0.1) is 5.82 Å². The van der Waals surface area contributed by atoms with Gasteiger partial charge in [-0.15, -0.1) is 24.0 Å². The maximum absolute atomic E-state index is 13.1. The van der Waals surface area contributed by atoms with Gasteiger partial charge in [0.25, 0.3) is 0 Å². The van der Waals surface area contributed by atoms with Crippen LogP contribution in [0.5, 0.6) is 0 Å². The van der Waals surface area contributed by atoms with Crippen LogP contribution >= 0.6 is 35.6 Å². The summed E-state index contributed by atoms with van der Waals surface area (Å²) in [6.45, 7) is 2.58. The highest BCUT2D eigenvalue weighted by Gasteiger charge is 2.07. The molecule has 0 aliphatic carbocycles. The van der Waals surface area contributed by atoms with E-state index in [-0.39, 0.29) is 35.0 Å². The molecule has 6 heteroatoms. The molecule has 2 aromatic rings. The van der Waals surface area contributed by atoms with Gasteiger partial charge in [0.1, 0.15) is 5.82 Å². The van der Waals surface area contributed by atoms with Gasteiger partial charge in [-0.2, -0.15) is 0 Å². The first-order valence-electron chi connectivity index (χ1n) is 7.06. The van der Waals surface area contributed by atoms with E-state index in [1.807, 2.05) is 18.2 Å². The second kappa shape index (κ2) is 9.72. The minimum atomic E-state index is -0.411. The van der Waals surface area contributed by atoms with Crippen LogP contribution in [0.4, 0.5) is 4.39 Å². The lowest BCUT2D eigenvalue weighted by Gasteiger charge is -2.18. The summed E-state index contributed by atoms with van der Waals surface area (Å²) in [6, 6.07) is 14.9. The summed E-state index contributed by atoms with van der Waals surface area (Å²) < 4.78 is 13.1. The van der Waals surface area contributed by atoms with Gasteiger partial charge in [-0.3, -0.25) is 4.99 Å². The SMILES string of the molecule is CN=C(NCc1ccc(F)c(Cl)c1)NC(C)c1ccccc1.I. The number of halogens is 3. The minimum absolute atomic E-state index is 0. The standard InChI is InChI=1S/C17H19ClFN3.HI/c1-12(14-6-4-3-5-7-14)22-17(20-2)21-11-13-8-9-16(19)15(18)10-13;/h3-10,12H,11H2,1-2H3,(H2,20,21,22);1H. The first kappa shape index (κ1) is 19.7. The smallest absolute Gasteiger partial charge is 0.191 e. The van der Waals surface area contributed by atoms with Crippen molar-refractivity contribution in [3.05, 3.63) is 70.5 Å². The molecule has 2 aromatic carbocycles. The summed E-state index contributed by atoms with van der Waals surface area (Å²) in [5.74, 6) is 0.266. The van der Waals surface area contributed by atoms with Crippen molar-refractivity contribution in [1.82, 2.24) is 10.6 Å². The monoisotopic (exact) mass is 447 g/mol. The molecule has 3 nitrogen and oxygen atoms in total. The van der Waals surface area contributed by atoms with Crippen LogP contribution in [0.1, 0.15) is 24.1 Å². The Bertz CT molecular complexity index is 650. The first-order valence-corrected chi connectivity index (χ1v) is 7.44. The van der Waals surface area contributed by atoms with Crippen LogP contribution < -0.4 is 10.6 Å². The summed E-state index contributed by atoms with van der Waals surface area (Å²) in [7, 11) is 1.71. The average Bonchev–Trinajstić information content (AvgIpc) is 2.55. The quantitative estimate of drug-likeness (QED) is 0.411. The number of hydrogen-bond donors (Lipinski definition) is 2. The molecule has 0 amide bonds. The Morgan fingerprint density at radius 1 is 1.22 bits per heavy atom. The molecule has 0 saturated carbocycles. The van der Waals surface area contributed by atoms with E-state index in [1.54, 1.807) is 19.2 Å². The van der Waals surface area contributed by atoms with Gasteiger partial charge in [0, 0.05) is 13.6 Å². The lowest BCUT2D eigenvalue weighted by atomic mass is 10.1. The molecule has 2 N–H and O–H groups in total. The van der Waals surface area contributed by atoms with E-state index in [4.69, 9.17) is 11.6 Å². The van der Waals surface area contributed by atoms with Crippen LogP contribution in [0.2, 0.25) is 5.02 Å². The topological polar surface area (TPSA) is 36.4 Å². The lowest BCUT2D eigenvalue weighted by molar-refractivity contribution is 0.627. The molecular formula is C17H20ClFIN3. The van der Waals surface area contributed by atoms with Gasteiger partial charge in [0.15, 0.2) is 5.96 Å². The van der Waals surface area contributed by atoms with Crippen molar-refractivity contribution in [3.63, 3.8) is 0 Å². The van der Waals surface area contributed by atoms with Crippen molar-refractivity contribution >= 4 is 41.5 Å². The summed E-state index contributed by atoms with van der Waals surface area (Å²) in [4.78, 5) is 4.20. The maximum atomic E-state index is 13.1. The molecule has 0 saturated heterocycles. The zero-order valence-electron chi connectivity index (χ0n) is 13.0. The van der Waals surface area contributed by atoms with Gasteiger partial charge in [0.2, 0.25) is 0 Å². The van der Waals surface area contributed by atoms with E-state index >= 15 is 0 Å². The Morgan fingerprint density at radius 2 is 1.91 bits per heavy atom. The van der Waals surface area contributed by atoms with Crippen LogP contribution in [-0.4, -0.2) is 13.0 Å². The van der Waals surface area contributed by atoms with E-state index in [0.29, 0.717) is 12.5 Å². The Hall–Kier alpha value is -1.34. The number of benzene rings is 2. The number of hydrogen-bond acceptors (Lipinski definition) is 1. The van der Waals surface area contributed by atoms with Crippen LogP contribution in [0.25, 0.3) is 0 Å². The summed E-state index contributed by atoms with van der Waals surface area (Å²) in [5.41, 5.74) is 2.07. The molecule has 0 heterocycles. The third-order valence-corrected chi connectivity index (χ3v) is 3.61. The van der Waals surface area contributed by atoms with Crippen molar-refractivity contribution in [3.8, 4) is 0 Å². The lowest BCUT2D eigenvalue weighted by Crippen LogP contribution is -2.38. The minimum Gasteiger partial charge on any atom is -0.352 e. The molecule has 0 aliphatic heterocycles. The van der Waals surface area contributed by atoms with E-state index in [0.717, 1.165) is 5.56 Å². The van der Waals surface area contributed by atoms with Crippen molar-refractivity contribution < 1.29 is 4.39 Å². The Labute approximate surface area is 158 Å². The highest BCUT2D eigenvalue weighted by Crippen LogP contribution is 2.16. The molecule has 0 spiro atoms. The molecule has 0 aromatic heterocycles. The van der Waals surface area contributed by atoms with Gasteiger partial charge in [-0.1, -0.05) is 48.0 Å². The molecule has 1 unspecified atom stereocenters. The fourth-order valence-corrected chi connectivity index (χ4v) is 2.26. The number of guanidine groups is 1. The first-order chi connectivity index (χ1) is 10.6. The van der Waals surface area contributed by atoms with Gasteiger partial charge < -0.3 is 10.6 Å². The highest BCUT2D eigenvalue weighted by atomic mass is 127. The van der Waals surface area contributed by atoms with Crippen LogP contribution in [-0.2, 0) is 6.54 Å². The fourth-order valence-electron chi connectivity index (χ4n) is 2.06. The van der Waals surface area contributed by atoms with Gasteiger partial charge in [-0.25, -0.2) is 4.39 Å². The summed E-state index contributed by atoms with van der Waals surface area (Å²) >= 11 is 5.78. The van der Waals surface area contributed by atoms with E-state index in [2.05, 4.69) is 34.7 Å². The second-order valence-electron chi connectivity index (χ2n) is 4.95. The maximum Gasteiger partial charge on any atom is 0.191 e. The van der Waals surface area contributed by atoms with Gasteiger partial charge in [-0.05, 0) is 30.2 Å². The molecule has 23 heavy (non-hydrogen) atoms. The zero-order chi connectivity index (χ0) is 15.9. The average molecular weight is 448 g/mol. The summed E-state index contributed by atoms with van der Waals surface area (Å²) in [6.07, 6.45) is 0. The van der Waals surface area contributed by atoms with Crippen molar-refractivity contribution in [2.75, 3.05) is 7.05 Å². The van der Waals surface area contributed by atoms with Crippen LogP contribution in [0.15, 0.2) is 53.5 Å². The molecule has 1 atom stereocenters. The Morgan fingerprint density at radius 3 is 2.52 bits per heavy atom. The van der Waals surface area contributed by atoms with Crippen molar-refractivity contribution in [2.45, 2.75) is 19.5 Å². The Balaban J connectivity index is 0.00000264. The molecule has 124 valence electrons. The predicted octanol–water partition coefficient (Wildman–Crippen LogP) is 4.52. The molecule has 0 aliphatic rings. The molecule has 0 fully saturated rings. The predicted molar refractivity (Wildman–Crippen MR) is 105 cm³/mol. The molecular weight excluding hydrogens is 428 g/mol. The third-order valence-electron chi connectivity index (χ3n) is 3.32. The van der Waals surface area contributed by atoms with Gasteiger partial charge in [0.05, 0.1) is 11.1 Å². The summed E-state index contributed by atoms with van der Waals surface area (Å²) in [5, 5.41) is 6.63. The second-order valence-corrected chi connectivity index (χ2v) is 5.36. The van der Waals surface area contributed by atoms with E-state index < -0.39 is 5.82 Å². The molecule has 0 radical (unpaired) electrons. The van der Waals surface area contributed by atoms with Crippen molar-refractivity contribution in [1.29, 1.82) is 0 Å². The Kier molecular flexibility index (Phi) is 8.33. The number of rotatable bonds is 4. The number of aliphatic imine (C=N–C) groups is 1. The number of nitrogens with one attached hydrogen (secondary N) is 2. The number of nitrogens with zero attached hydrogens (tertiary/aromatic N) is 1. The van der Waals surface area contributed by atoms with E-state index in [1.165, 1.54) is 11.6 Å². The van der Waals surface area contributed by atoms with Crippen LogP contribution in [0.3, 0.4) is 0 Å². The molecule has 2 rings (SSSR count). The third kappa shape index (κ3) is 5.99. The zero-order valence-corrected chi connectivity index (χ0v) is 16.1. The highest BCUT2D eigenvalue weighted by molar-refractivity contribution is 14.0. The largest absolute Gasteiger partial charge is 0.352 e. The van der Waals surface area contributed by atoms with Gasteiger partial charge >= 0.3 is 0 Å². The normalized spacial score (nSPS) is 12.3. The van der Waals surface area contributed by atoms with Crippen molar-refractivity contribution in [2.24, 2.45) is 4.99 Å². The van der Waals surface area contributed by atoms with E-state index in [9.17, 15) is 4.39 Å². The molecule has 0 bridgehead atoms. The fraction of sp³-hybridized carbons (Fsp3) is 0.235.